The number of hydrogen-bond donors (Lipinski definition) is 0. The first kappa shape index (κ1) is 58.3. The van der Waals surface area contributed by atoms with Gasteiger partial charge in [0.25, 0.3) is 0 Å². The van der Waals surface area contributed by atoms with Gasteiger partial charge in [-0.05, 0) is 0 Å². The molecule has 0 heterocycles. The number of hydrogen-bond acceptors (Lipinski definition) is 0. The first-order chi connectivity index (χ1) is 0. The largest absolute Gasteiger partial charge is 2.00 e. The Morgan fingerprint density at radius 3 is 1.00 bits per heavy atom. The van der Waals surface area contributed by atoms with Crippen molar-refractivity contribution in [2.24, 2.45) is 0 Å². The summed E-state index contributed by atoms with van der Waals surface area (Å²) in [6.07, 6.45) is 0. The Morgan fingerprint density at radius 2 is 1.00 bits per heavy atom. The van der Waals surface area contributed by atoms with Crippen molar-refractivity contribution in [1.29, 1.82) is 0 Å². The monoisotopic (exact) mass is 120 g/mol. The molecule has 0 nitrogen and oxygen atoms in total. The van der Waals surface area contributed by atoms with E-state index in [-0.39, 0.29) is 83.7 Å². The molecule has 0 aromatic heterocycles. The molecule has 0 bridgehead atoms. The van der Waals surface area contributed by atoms with Crippen LogP contribution in [0.1, 0.15) is 4.28 Å². The third-order valence-electron chi connectivity index (χ3n) is 0. The average Bonchev–Trinajstić information content (AvgIpc) is 0. The third kappa shape index (κ3) is 22.9. The molecule has 0 aliphatic rings. The molecule has 0 aliphatic heterocycles. The zero-order chi connectivity index (χ0) is 0. The summed E-state index contributed by atoms with van der Waals surface area (Å²) in [6.45, 7) is 0. The molecule has 0 aliphatic carbocycles. The van der Waals surface area contributed by atoms with Crippen LogP contribution in [0.5, 0.6) is 0 Å². The maximum atomic E-state index is 0. The fourth-order valence-electron chi connectivity index (χ4n) is 0. The zero-order valence-electron chi connectivity index (χ0n) is 5.52. The fourth-order valence-corrected chi connectivity index (χ4v) is 0. The van der Waals surface area contributed by atoms with Crippen molar-refractivity contribution in [3.8, 4) is 0 Å². The molecule has 0 aromatic carbocycles. The van der Waals surface area contributed by atoms with Crippen molar-refractivity contribution in [3.05, 3.63) is 0 Å². The van der Waals surface area contributed by atoms with Gasteiger partial charge in [-0.3, -0.25) is 9.41 Å². The standard InChI is InChI=1S/Al.2FH.Mg.Na.6H/h;2*1H;;;;;;;;/q;;;+2;+1;;;;3*-1. The predicted molar refractivity (Wildman–Crippen MR) is 24.0 cm³/mol. The van der Waals surface area contributed by atoms with Gasteiger partial charge in [-0.2, -0.15) is 0 Å². The van der Waals surface area contributed by atoms with E-state index in [2.05, 4.69) is 0 Å². The van der Waals surface area contributed by atoms with Crippen molar-refractivity contribution < 1.29 is 43.2 Å². The van der Waals surface area contributed by atoms with E-state index < -0.39 is 0 Å². The van der Waals surface area contributed by atoms with Gasteiger partial charge in [0.05, 0.1) is 0 Å². The predicted octanol–water partition coefficient (Wildman–Crippen LogP) is -3.92. The van der Waals surface area contributed by atoms with Gasteiger partial charge in [0.2, 0.25) is 0 Å². The van der Waals surface area contributed by atoms with Gasteiger partial charge >= 0.3 is 52.6 Å². The fraction of sp³-hybridized carbons (Fsp3) is 0. The molecule has 5 heavy (non-hydrogen) atoms. The van der Waals surface area contributed by atoms with Crippen molar-refractivity contribution >= 4 is 40.4 Å². The first-order valence-electron chi connectivity index (χ1n) is 0. The molecule has 0 atom stereocenters. The summed E-state index contributed by atoms with van der Waals surface area (Å²) in [7, 11) is 0. The summed E-state index contributed by atoms with van der Waals surface area (Å²) in [6, 6.07) is 0. The number of rotatable bonds is 0. The van der Waals surface area contributed by atoms with Crippen LogP contribution < -0.4 is 29.6 Å². The number of halogens is 2. The molecule has 0 saturated heterocycles. The normalized spacial score (nSPS) is 0. The molecule has 0 unspecified atom stereocenters. The Balaban J connectivity index is 0. The average molecular weight is 120 g/mol. The molecule has 0 spiro atoms. The Labute approximate surface area is 82.8 Å². The van der Waals surface area contributed by atoms with E-state index in [1.54, 1.807) is 0 Å². The van der Waals surface area contributed by atoms with Crippen molar-refractivity contribution in [2.45, 2.75) is 0 Å². The summed E-state index contributed by atoms with van der Waals surface area (Å²) in [5, 5.41) is 0. The van der Waals surface area contributed by atoms with Crippen LogP contribution in [0.3, 0.4) is 0 Å². The SMILES string of the molecule is F.F.[AlH3].[H-].[H-].[H-].[Mg+2].[Na+]. The maximum Gasteiger partial charge on any atom is 2.00 e. The zero-order valence-corrected chi connectivity index (χ0v) is 5.94. The van der Waals surface area contributed by atoms with Crippen LogP contribution in [-0.2, 0) is 0 Å². The molecule has 5 heteroatoms. The van der Waals surface area contributed by atoms with Crippen LogP contribution in [0.15, 0.2) is 0 Å². The van der Waals surface area contributed by atoms with E-state index in [1.165, 1.54) is 0 Å². The van der Waals surface area contributed by atoms with Gasteiger partial charge in [0.1, 0.15) is 0 Å². The first-order valence-corrected chi connectivity index (χ1v) is 0. The molecular formula is H8AlF2MgNa. The van der Waals surface area contributed by atoms with Crippen LogP contribution >= 0.6 is 0 Å². The second kappa shape index (κ2) is 35.2. The van der Waals surface area contributed by atoms with Crippen LogP contribution in [0.2, 0.25) is 0 Å². The van der Waals surface area contributed by atoms with Crippen molar-refractivity contribution in [1.82, 2.24) is 0 Å². The quantitative estimate of drug-likeness (QED) is 0.287. The maximum absolute atomic E-state index is 0. The van der Waals surface area contributed by atoms with Gasteiger partial charge in [-0.15, -0.1) is 0 Å². The second-order valence-electron chi connectivity index (χ2n) is 0. The Bertz CT molecular complexity index is 17.2. The van der Waals surface area contributed by atoms with Gasteiger partial charge in [0.15, 0.2) is 17.4 Å². The molecule has 0 rings (SSSR count). The Kier molecular flexibility index (Phi) is 410. The third-order valence-corrected chi connectivity index (χ3v) is 0. The molecule has 0 radical (unpaired) electrons. The van der Waals surface area contributed by atoms with E-state index in [4.69, 9.17) is 0 Å². The van der Waals surface area contributed by atoms with Gasteiger partial charge in [-0.1, -0.05) is 0 Å². The molecular weight excluding hydrogens is 112 g/mol. The second-order valence-corrected chi connectivity index (χ2v) is 0. The molecule has 0 amide bonds. The van der Waals surface area contributed by atoms with E-state index in [0.717, 1.165) is 0 Å². The minimum atomic E-state index is 0. The smallest absolute Gasteiger partial charge is 1.00 e. The van der Waals surface area contributed by atoms with Crippen LogP contribution in [0, 0.1) is 0 Å². The summed E-state index contributed by atoms with van der Waals surface area (Å²) in [5.74, 6) is 0. The van der Waals surface area contributed by atoms with E-state index in [9.17, 15) is 0 Å². The van der Waals surface area contributed by atoms with Crippen LogP contribution in [0.4, 0.5) is 9.41 Å². The molecule has 28 valence electrons. The Morgan fingerprint density at radius 1 is 1.00 bits per heavy atom. The minimum absolute atomic E-state index is 0. The van der Waals surface area contributed by atoms with Crippen molar-refractivity contribution in [2.75, 3.05) is 0 Å². The summed E-state index contributed by atoms with van der Waals surface area (Å²) in [5.41, 5.74) is 0. The van der Waals surface area contributed by atoms with Crippen molar-refractivity contribution in [3.63, 3.8) is 0 Å². The van der Waals surface area contributed by atoms with Gasteiger partial charge in [0, 0.05) is 0 Å². The van der Waals surface area contributed by atoms with E-state index in [0.29, 0.717) is 0 Å². The summed E-state index contributed by atoms with van der Waals surface area (Å²) in [4.78, 5) is 0. The summed E-state index contributed by atoms with van der Waals surface area (Å²) >= 11 is 0. The minimum Gasteiger partial charge on any atom is -1.00 e. The topological polar surface area (TPSA) is 0 Å². The molecule has 0 N–H and O–H groups in total. The van der Waals surface area contributed by atoms with Gasteiger partial charge < -0.3 is 4.28 Å². The molecule has 0 saturated carbocycles. The molecule has 0 fully saturated rings. The van der Waals surface area contributed by atoms with E-state index >= 15 is 0 Å². The van der Waals surface area contributed by atoms with Crippen LogP contribution in [0.25, 0.3) is 0 Å². The van der Waals surface area contributed by atoms with E-state index in [1.807, 2.05) is 0 Å². The summed E-state index contributed by atoms with van der Waals surface area (Å²) < 4.78 is 0. The molecule has 0 aromatic rings. The van der Waals surface area contributed by atoms with Crippen LogP contribution in [-0.4, -0.2) is 40.4 Å². The Hall–Kier alpha value is 2.16. The van der Waals surface area contributed by atoms with Gasteiger partial charge in [-0.25, -0.2) is 0 Å².